The Balaban J connectivity index is 0.00000118. The Hall–Kier alpha value is -3.43. The van der Waals surface area contributed by atoms with E-state index in [9.17, 15) is 17.6 Å². The summed E-state index contributed by atoms with van der Waals surface area (Å²) in [4.78, 5) is 19.1. The van der Waals surface area contributed by atoms with Crippen LogP contribution in [0.2, 0.25) is 0 Å². The van der Waals surface area contributed by atoms with E-state index in [0.717, 1.165) is 12.1 Å². The molecule has 0 aliphatic heterocycles. The summed E-state index contributed by atoms with van der Waals surface area (Å²) in [6, 6.07) is 9.86. The van der Waals surface area contributed by atoms with E-state index in [0.29, 0.717) is 28.8 Å². The standard InChI is InChI=1S/C20H20F4N2O2.C2H5NO/c1-13(15-6-4-8-17(10-15)20(22,23)24)26-28-12-19-16(11-21)7-5-9-18(19)14(2)25-27-3;1-3-2-4/h4-10H,11-12H2,1-3H3;2H,1H3,(H,3,4)/b25-14-,26-13+;. The number of nitrogens with one attached hydrogen (secondary N) is 1. The minimum Gasteiger partial charge on any atom is -0.399 e. The second-order valence-corrected chi connectivity index (χ2v) is 6.37. The van der Waals surface area contributed by atoms with Crippen molar-refractivity contribution in [3.8, 4) is 0 Å². The number of carbonyl (C=O) groups excluding carboxylic acids is 1. The van der Waals surface area contributed by atoms with Gasteiger partial charge in [0.1, 0.15) is 20.4 Å². The van der Waals surface area contributed by atoms with E-state index in [1.807, 2.05) is 0 Å². The molecule has 0 heterocycles. The predicted octanol–water partition coefficient (Wildman–Crippen LogP) is 4.85. The summed E-state index contributed by atoms with van der Waals surface area (Å²) < 4.78 is 51.9. The summed E-state index contributed by atoms with van der Waals surface area (Å²) in [6.45, 7) is 2.47. The summed E-state index contributed by atoms with van der Waals surface area (Å²) >= 11 is 0. The number of hydrogen-bond acceptors (Lipinski definition) is 5. The molecule has 0 saturated carbocycles. The van der Waals surface area contributed by atoms with Crippen molar-refractivity contribution in [3.63, 3.8) is 0 Å². The van der Waals surface area contributed by atoms with Gasteiger partial charge in [-0.3, -0.25) is 4.79 Å². The average Bonchev–Trinajstić information content (AvgIpc) is 2.78. The molecule has 0 atom stereocenters. The van der Waals surface area contributed by atoms with Crippen LogP contribution in [0, 0.1) is 0 Å². The van der Waals surface area contributed by atoms with E-state index in [-0.39, 0.29) is 17.9 Å². The third-order valence-corrected chi connectivity index (χ3v) is 4.17. The second kappa shape index (κ2) is 13.1. The highest BCUT2D eigenvalue weighted by Crippen LogP contribution is 2.29. The van der Waals surface area contributed by atoms with Crippen LogP contribution < -0.4 is 5.32 Å². The van der Waals surface area contributed by atoms with Gasteiger partial charge in [-0.25, -0.2) is 4.39 Å². The van der Waals surface area contributed by atoms with Crippen molar-refractivity contribution in [1.29, 1.82) is 0 Å². The van der Waals surface area contributed by atoms with Gasteiger partial charge in [-0.15, -0.1) is 0 Å². The highest BCUT2D eigenvalue weighted by molar-refractivity contribution is 6.00. The van der Waals surface area contributed by atoms with E-state index in [1.165, 1.54) is 26.2 Å². The molecule has 0 radical (unpaired) electrons. The largest absolute Gasteiger partial charge is 0.416 e. The maximum atomic E-state index is 13.4. The number of halogens is 4. The second-order valence-electron chi connectivity index (χ2n) is 6.37. The van der Waals surface area contributed by atoms with Gasteiger partial charge in [0.25, 0.3) is 0 Å². The first-order valence-electron chi connectivity index (χ1n) is 9.39. The average molecular weight is 455 g/mol. The zero-order valence-electron chi connectivity index (χ0n) is 18.2. The SMILES string of the molecule is CNC=O.CO/N=C(/C)c1cccc(CF)c1CO/N=C(\C)c1cccc(C(F)(F)F)c1. The number of benzene rings is 2. The van der Waals surface area contributed by atoms with Gasteiger partial charge in [-0.1, -0.05) is 40.6 Å². The summed E-state index contributed by atoms with van der Waals surface area (Å²) in [5.74, 6) is 0. The zero-order valence-corrected chi connectivity index (χ0v) is 18.2. The molecule has 174 valence electrons. The smallest absolute Gasteiger partial charge is 0.399 e. The highest BCUT2D eigenvalue weighted by atomic mass is 19.4. The van der Waals surface area contributed by atoms with Crippen LogP contribution in [0.15, 0.2) is 52.8 Å². The van der Waals surface area contributed by atoms with Gasteiger partial charge < -0.3 is 15.0 Å². The Morgan fingerprint density at radius 2 is 1.75 bits per heavy atom. The van der Waals surface area contributed by atoms with Gasteiger partial charge >= 0.3 is 6.18 Å². The van der Waals surface area contributed by atoms with Crippen LogP contribution in [0.4, 0.5) is 17.6 Å². The third kappa shape index (κ3) is 8.01. The number of alkyl halides is 4. The van der Waals surface area contributed by atoms with Crippen LogP contribution in [0.3, 0.4) is 0 Å². The lowest BCUT2D eigenvalue weighted by atomic mass is 9.99. The fourth-order valence-corrected chi connectivity index (χ4v) is 2.62. The normalized spacial score (nSPS) is 11.9. The van der Waals surface area contributed by atoms with Crippen LogP contribution in [0.25, 0.3) is 0 Å². The lowest BCUT2D eigenvalue weighted by Gasteiger charge is -2.12. The van der Waals surface area contributed by atoms with Gasteiger partial charge in [-0.05, 0) is 37.1 Å². The van der Waals surface area contributed by atoms with Gasteiger partial charge in [0.2, 0.25) is 6.41 Å². The summed E-state index contributed by atoms with van der Waals surface area (Å²) in [6.07, 6.45) is -3.82. The molecular weight excluding hydrogens is 430 g/mol. The number of amides is 1. The summed E-state index contributed by atoms with van der Waals surface area (Å²) in [7, 11) is 2.97. The molecule has 32 heavy (non-hydrogen) atoms. The molecule has 2 aromatic rings. The van der Waals surface area contributed by atoms with Crippen molar-refractivity contribution in [2.45, 2.75) is 33.3 Å². The summed E-state index contributed by atoms with van der Waals surface area (Å²) in [5.41, 5.74) is 1.92. The number of rotatable bonds is 8. The molecule has 2 rings (SSSR count). The number of nitrogens with zero attached hydrogens (tertiary/aromatic N) is 2. The number of carbonyl (C=O) groups is 1. The van der Waals surface area contributed by atoms with E-state index < -0.39 is 18.4 Å². The van der Waals surface area contributed by atoms with Crippen molar-refractivity contribution in [3.05, 3.63) is 70.3 Å². The molecule has 2 aromatic carbocycles. The molecule has 0 aliphatic carbocycles. The molecule has 6 nitrogen and oxygen atoms in total. The Kier molecular flexibility index (Phi) is 10.9. The van der Waals surface area contributed by atoms with E-state index >= 15 is 0 Å². The zero-order chi connectivity index (χ0) is 24.1. The highest BCUT2D eigenvalue weighted by Gasteiger charge is 2.30. The molecule has 10 heteroatoms. The van der Waals surface area contributed by atoms with E-state index in [2.05, 4.69) is 15.6 Å². The van der Waals surface area contributed by atoms with Crippen LogP contribution >= 0.6 is 0 Å². The monoisotopic (exact) mass is 455 g/mol. The van der Waals surface area contributed by atoms with E-state index in [1.54, 1.807) is 32.2 Å². The first-order valence-corrected chi connectivity index (χ1v) is 9.39. The van der Waals surface area contributed by atoms with Crippen molar-refractivity contribution < 1.29 is 32.0 Å². The fourth-order valence-electron chi connectivity index (χ4n) is 2.62. The Labute approximate surface area is 183 Å². The van der Waals surface area contributed by atoms with Crippen molar-refractivity contribution >= 4 is 17.8 Å². The van der Waals surface area contributed by atoms with Gasteiger partial charge in [-0.2, -0.15) is 13.2 Å². The lowest BCUT2D eigenvalue weighted by Crippen LogP contribution is -2.08. The van der Waals surface area contributed by atoms with Gasteiger partial charge in [0.05, 0.1) is 17.0 Å². The molecule has 0 spiro atoms. The maximum Gasteiger partial charge on any atom is 0.416 e. The van der Waals surface area contributed by atoms with Crippen LogP contribution in [0.1, 0.15) is 41.7 Å². The van der Waals surface area contributed by atoms with Crippen LogP contribution in [0.5, 0.6) is 0 Å². The minimum atomic E-state index is -4.44. The van der Waals surface area contributed by atoms with Crippen LogP contribution in [-0.2, 0) is 33.9 Å². The van der Waals surface area contributed by atoms with Gasteiger partial charge in [0.15, 0.2) is 0 Å². The van der Waals surface area contributed by atoms with Crippen molar-refractivity contribution in [1.82, 2.24) is 5.32 Å². The lowest BCUT2D eigenvalue weighted by molar-refractivity contribution is -0.137. The molecule has 1 amide bonds. The Morgan fingerprint density at radius 1 is 1.09 bits per heavy atom. The third-order valence-electron chi connectivity index (χ3n) is 4.17. The molecule has 0 bridgehead atoms. The number of oxime groups is 2. The maximum absolute atomic E-state index is 13.4. The Bertz CT molecular complexity index is 944. The first-order chi connectivity index (χ1) is 15.2. The van der Waals surface area contributed by atoms with Crippen molar-refractivity contribution in [2.24, 2.45) is 10.3 Å². The molecule has 0 aromatic heterocycles. The molecule has 0 unspecified atom stereocenters. The quantitative estimate of drug-likeness (QED) is 0.268. The van der Waals surface area contributed by atoms with Crippen molar-refractivity contribution in [2.75, 3.05) is 14.2 Å². The molecule has 1 N–H and O–H groups in total. The fraction of sp³-hybridized carbons (Fsp3) is 0.318. The first kappa shape index (κ1) is 26.6. The predicted molar refractivity (Wildman–Crippen MR) is 114 cm³/mol. The van der Waals surface area contributed by atoms with E-state index in [4.69, 9.17) is 14.5 Å². The molecule has 0 aliphatic rings. The Morgan fingerprint density at radius 3 is 2.31 bits per heavy atom. The molecule has 0 saturated heterocycles. The van der Waals surface area contributed by atoms with Crippen LogP contribution in [-0.4, -0.2) is 32.0 Å². The molecule has 0 fully saturated rings. The van der Waals surface area contributed by atoms with Gasteiger partial charge in [0, 0.05) is 18.2 Å². The summed E-state index contributed by atoms with van der Waals surface area (Å²) in [5, 5.41) is 9.99. The molecular formula is C22H25F4N3O3. The number of hydrogen-bond donors (Lipinski definition) is 1. The topological polar surface area (TPSA) is 72.3 Å². The minimum absolute atomic E-state index is 0.0672.